The highest BCUT2D eigenvalue weighted by molar-refractivity contribution is 5.68. The molecule has 0 fully saturated rings. The third-order valence-electron chi connectivity index (χ3n) is 7.23. The van der Waals surface area contributed by atoms with E-state index in [9.17, 15) is 5.11 Å². The lowest BCUT2D eigenvalue weighted by Crippen LogP contribution is -2.53. The Morgan fingerprint density at radius 1 is 0.833 bits per heavy atom. The highest BCUT2D eigenvalue weighted by atomic mass is 16.7. The SMILES string of the molecule is CCOCCOCCOCCOC(CN1c2cc(C(C)C)c(N)cc2C(CO)CC1(C)C)OCCOCCOCCO. The normalized spacial score (nSPS) is 17.1. The van der Waals surface area contributed by atoms with Crippen molar-refractivity contribution < 1.29 is 43.4 Å². The Bertz CT molecular complexity index is 856. The van der Waals surface area contributed by atoms with Crippen molar-refractivity contribution in [3.63, 3.8) is 0 Å². The molecular weight excluding hydrogens is 544 g/mol. The molecule has 0 saturated heterocycles. The van der Waals surface area contributed by atoms with Crippen LogP contribution in [0.1, 0.15) is 64.0 Å². The Kier molecular flexibility index (Phi) is 17.8. The number of hydrogen-bond donors (Lipinski definition) is 3. The van der Waals surface area contributed by atoms with Gasteiger partial charge < -0.3 is 54.0 Å². The summed E-state index contributed by atoms with van der Waals surface area (Å²) in [6, 6.07) is 4.20. The summed E-state index contributed by atoms with van der Waals surface area (Å²) in [7, 11) is 0. The van der Waals surface area contributed by atoms with Gasteiger partial charge in [0.05, 0.1) is 92.4 Å². The molecular formula is C31H56N2O9. The average molecular weight is 601 g/mol. The smallest absolute Gasteiger partial charge is 0.175 e. The standard InChI is InChI=1S/C31H56N2O9/c1-6-36-9-10-38-13-14-40-16-18-42-30(41-17-15-39-12-11-37-8-7-34)22-33-29-20-26(24(2)3)28(32)19-27(29)25(23-35)21-31(33,4)5/h19-20,24-25,30,34-35H,6-18,21-23,32H2,1-5H3. The average Bonchev–Trinajstić information content (AvgIpc) is 2.95. The van der Waals surface area contributed by atoms with Crippen LogP contribution in [0.2, 0.25) is 0 Å². The number of hydrogen-bond acceptors (Lipinski definition) is 11. The molecule has 2 rings (SSSR count). The number of nitrogen functional groups attached to an aromatic ring is 1. The molecule has 42 heavy (non-hydrogen) atoms. The summed E-state index contributed by atoms with van der Waals surface area (Å²) >= 11 is 0. The number of ether oxygens (including phenoxy) is 7. The van der Waals surface area contributed by atoms with E-state index in [2.05, 4.69) is 38.7 Å². The van der Waals surface area contributed by atoms with Gasteiger partial charge in [-0.15, -0.1) is 0 Å². The van der Waals surface area contributed by atoms with Crippen molar-refractivity contribution >= 4 is 11.4 Å². The number of nitrogens with two attached hydrogens (primary N) is 1. The quantitative estimate of drug-likeness (QED) is 0.0919. The molecule has 0 amide bonds. The van der Waals surface area contributed by atoms with E-state index in [1.54, 1.807) is 0 Å². The maximum absolute atomic E-state index is 10.2. The Hall–Kier alpha value is -1.54. The number of anilines is 2. The molecule has 0 spiro atoms. The van der Waals surface area contributed by atoms with Crippen molar-refractivity contribution in [2.45, 2.75) is 64.7 Å². The number of rotatable bonds is 24. The van der Waals surface area contributed by atoms with Crippen LogP contribution in [-0.4, -0.2) is 121 Å². The predicted octanol–water partition coefficient (Wildman–Crippen LogP) is 2.91. The zero-order valence-electron chi connectivity index (χ0n) is 26.5. The minimum Gasteiger partial charge on any atom is -0.398 e. The van der Waals surface area contributed by atoms with E-state index in [1.165, 1.54) is 0 Å². The van der Waals surface area contributed by atoms with Gasteiger partial charge in [0, 0.05) is 29.4 Å². The van der Waals surface area contributed by atoms with Crippen LogP contribution in [0.4, 0.5) is 11.4 Å². The van der Waals surface area contributed by atoms with Gasteiger partial charge in [0.1, 0.15) is 0 Å². The van der Waals surface area contributed by atoms with E-state index in [1.807, 2.05) is 13.0 Å². The maximum Gasteiger partial charge on any atom is 0.175 e. The second kappa shape index (κ2) is 20.4. The summed E-state index contributed by atoms with van der Waals surface area (Å²) in [5, 5.41) is 19.0. The molecule has 244 valence electrons. The molecule has 1 aliphatic heterocycles. The summed E-state index contributed by atoms with van der Waals surface area (Å²) in [5.74, 6) is 0.262. The Balaban J connectivity index is 2.04. The van der Waals surface area contributed by atoms with Crippen molar-refractivity contribution in [2.75, 3.05) is 110 Å². The van der Waals surface area contributed by atoms with Crippen molar-refractivity contribution in [1.29, 1.82) is 0 Å². The van der Waals surface area contributed by atoms with Gasteiger partial charge in [0.2, 0.25) is 0 Å². The maximum atomic E-state index is 10.2. The Labute approximate surface area is 252 Å². The zero-order valence-corrected chi connectivity index (χ0v) is 26.5. The van der Waals surface area contributed by atoms with Crippen molar-refractivity contribution in [3.8, 4) is 0 Å². The molecule has 0 aliphatic carbocycles. The van der Waals surface area contributed by atoms with Gasteiger partial charge in [-0.3, -0.25) is 0 Å². The third-order valence-corrected chi connectivity index (χ3v) is 7.23. The first kappa shape index (κ1) is 36.7. The van der Waals surface area contributed by atoms with Crippen molar-refractivity contribution in [3.05, 3.63) is 23.3 Å². The van der Waals surface area contributed by atoms with Gasteiger partial charge in [-0.1, -0.05) is 13.8 Å². The lowest BCUT2D eigenvalue weighted by molar-refractivity contribution is -0.155. The lowest BCUT2D eigenvalue weighted by Gasteiger charge is -2.49. The lowest BCUT2D eigenvalue weighted by atomic mass is 9.78. The number of aliphatic hydroxyl groups is 2. The summed E-state index contributed by atoms with van der Waals surface area (Å²) in [5.41, 5.74) is 10.1. The van der Waals surface area contributed by atoms with Crippen LogP contribution in [0.5, 0.6) is 0 Å². The second-order valence-corrected chi connectivity index (χ2v) is 11.2. The first-order valence-corrected chi connectivity index (χ1v) is 15.3. The molecule has 2 unspecified atom stereocenters. The first-order valence-electron chi connectivity index (χ1n) is 15.3. The van der Waals surface area contributed by atoms with E-state index in [0.29, 0.717) is 85.8 Å². The molecule has 0 radical (unpaired) electrons. The fourth-order valence-electron chi connectivity index (χ4n) is 5.11. The van der Waals surface area contributed by atoms with Gasteiger partial charge in [0.15, 0.2) is 6.29 Å². The molecule has 1 aromatic carbocycles. The van der Waals surface area contributed by atoms with Gasteiger partial charge in [-0.2, -0.15) is 0 Å². The fraction of sp³-hybridized carbons (Fsp3) is 0.806. The molecule has 2 atom stereocenters. The summed E-state index contributed by atoms with van der Waals surface area (Å²) in [6.07, 6.45) is 0.232. The monoisotopic (exact) mass is 600 g/mol. The van der Waals surface area contributed by atoms with Gasteiger partial charge in [-0.25, -0.2) is 0 Å². The Morgan fingerprint density at radius 2 is 1.36 bits per heavy atom. The summed E-state index contributed by atoms with van der Waals surface area (Å²) in [4.78, 5) is 2.32. The highest BCUT2D eigenvalue weighted by Gasteiger charge is 2.39. The second-order valence-electron chi connectivity index (χ2n) is 11.2. The van der Waals surface area contributed by atoms with E-state index in [-0.39, 0.29) is 30.6 Å². The molecule has 11 nitrogen and oxygen atoms in total. The first-order chi connectivity index (χ1) is 20.2. The predicted molar refractivity (Wildman–Crippen MR) is 163 cm³/mol. The van der Waals surface area contributed by atoms with Gasteiger partial charge in [-0.05, 0) is 56.4 Å². The molecule has 1 heterocycles. The molecule has 1 aromatic rings. The fourth-order valence-corrected chi connectivity index (χ4v) is 5.11. The van der Waals surface area contributed by atoms with E-state index < -0.39 is 6.29 Å². The van der Waals surface area contributed by atoms with Gasteiger partial charge >= 0.3 is 0 Å². The minimum absolute atomic E-state index is 0.000607. The molecule has 0 saturated carbocycles. The van der Waals surface area contributed by atoms with E-state index >= 15 is 0 Å². The van der Waals surface area contributed by atoms with Crippen molar-refractivity contribution in [2.24, 2.45) is 0 Å². The summed E-state index contributed by atoms with van der Waals surface area (Å²) in [6.45, 7) is 16.6. The molecule has 0 aromatic heterocycles. The minimum atomic E-state index is -0.539. The van der Waals surface area contributed by atoms with Crippen LogP contribution in [0, 0.1) is 0 Å². The van der Waals surface area contributed by atoms with Crippen LogP contribution in [0.25, 0.3) is 0 Å². The van der Waals surface area contributed by atoms with Gasteiger partial charge in [0.25, 0.3) is 0 Å². The van der Waals surface area contributed by atoms with Crippen LogP contribution < -0.4 is 10.6 Å². The summed E-state index contributed by atoms with van der Waals surface area (Å²) < 4.78 is 39.7. The number of aliphatic hydroxyl groups excluding tert-OH is 2. The van der Waals surface area contributed by atoms with E-state index in [4.69, 9.17) is 44.0 Å². The Morgan fingerprint density at radius 3 is 1.86 bits per heavy atom. The van der Waals surface area contributed by atoms with Crippen molar-refractivity contribution in [1.82, 2.24) is 0 Å². The number of fused-ring (bicyclic) bond motifs is 1. The van der Waals surface area contributed by atoms with Crippen LogP contribution in [0.15, 0.2) is 12.1 Å². The third kappa shape index (κ3) is 12.6. The zero-order chi connectivity index (χ0) is 30.8. The van der Waals surface area contributed by atoms with E-state index in [0.717, 1.165) is 28.9 Å². The number of benzene rings is 1. The molecule has 4 N–H and O–H groups in total. The topological polar surface area (TPSA) is 134 Å². The molecule has 11 heteroatoms. The highest BCUT2D eigenvalue weighted by Crippen LogP contribution is 2.46. The molecule has 0 bridgehead atoms. The van der Waals surface area contributed by atoms with Crippen LogP contribution >= 0.6 is 0 Å². The molecule has 1 aliphatic rings. The van der Waals surface area contributed by atoms with Crippen LogP contribution in [0.3, 0.4) is 0 Å². The van der Waals surface area contributed by atoms with Crippen LogP contribution in [-0.2, 0) is 33.2 Å². The largest absolute Gasteiger partial charge is 0.398 e. The number of nitrogens with zero attached hydrogens (tertiary/aromatic N) is 1.